The van der Waals surface area contributed by atoms with Gasteiger partial charge in [-0.25, -0.2) is 4.98 Å². The molecule has 4 heteroatoms. The third-order valence-corrected chi connectivity index (χ3v) is 3.47. The summed E-state index contributed by atoms with van der Waals surface area (Å²) in [5, 5.41) is 3.26. The number of hydrogen-bond acceptors (Lipinski definition) is 4. The first-order valence-corrected chi connectivity index (χ1v) is 6.98. The van der Waals surface area contributed by atoms with Crippen LogP contribution in [0.2, 0.25) is 0 Å². The van der Waals surface area contributed by atoms with E-state index in [-0.39, 0.29) is 0 Å². The molecule has 0 bridgehead atoms. The molecule has 4 nitrogen and oxygen atoms in total. The Labute approximate surface area is 120 Å². The molecule has 0 unspecified atom stereocenters. The lowest BCUT2D eigenvalue weighted by Gasteiger charge is -2.21. The topological polar surface area (TPSA) is 54.2 Å². The van der Waals surface area contributed by atoms with Gasteiger partial charge in [-0.05, 0) is 56.7 Å². The lowest BCUT2D eigenvalue weighted by Crippen LogP contribution is -2.21. The van der Waals surface area contributed by atoms with Gasteiger partial charge in [0, 0.05) is 30.7 Å². The highest BCUT2D eigenvalue weighted by Crippen LogP contribution is 2.24. The second kappa shape index (κ2) is 6.28. The minimum Gasteiger partial charge on any atom is -0.396 e. The summed E-state index contributed by atoms with van der Waals surface area (Å²) in [4.78, 5) is 6.59. The Bertz CT molecular complexity index is 559. The summed E-state index contributed by atoms with van der Waals surface area (Å²) >= 11 is 0. The van der Waals surface area contributed by atoms with Crippen molar-refractivity contribution in [3.63, 3.8) is 0 Å². The Morgan fingerprint density at radius 1 is 1.10 bits per heavy atom. The van der Waals surface area contributed by atoms with E-state index >= 15 is 0 Å². The average Bonchev–Trinajstić information content (AvgIpc) is 2.47. The first-order chi connectivity index (χ1) is 9.65. The predicted molar refractivity (Wildman–Crippen MR) is 86.7 cm³/mol. The fourth-order valence-electron chi connectivity index (χ4n) is 2.15. The number of aromatic nitrogens is 1. The summed E-state index contributed by atoms with van der Waals surface area (Å²) in [5.41, 5.74) is 9.96. The van der Waals surface area contributed by atoms with Gasteiger partial charge in [-0.2, -0.15) is 0 Å². The van der Waals surface area contributed by atoms with Crippen LogP contribution in [0.3, 0.4) is 0 Å². The fraction of sp³-hybridized carbons (Fsp3) is 0.312. The number of benzene rings is 1. The van der Waals surface area contributed by atoms with Crippen molar-refractivity contribution >= 4 is 22.9 Å². The molecule has 0 spiro atoms. The lowest BCUT2D eigenvalue weighted by atomic mass is 10.2. The molecule has 0 aliphatic heterocycles. The van der Waals surface area contributed by atoms with Gasteiger partial charge < -0.3 is 16.0 Å². The maximum Gasteiger partial charge on any atom is 0.153 e. The van der Waals surface area contributed by atoms with Gasteiger partial charge in [0.1, 0.15) is 0 Å². The van der Waals surface area contributed by atoms with E-state index in [1.165, 1.54) is 5.69 Å². The monoisotopic (exact) mass is 270 g/mol. The maximum atomic E-state index is 6.02. The molecule has 20 heavy (non-hydrogen) atoms. The molecule has 0 amide bonds. The Morgan fingerprint density at radius 2 is 1.75 bits per heavy atom. The molecule has 0 aliphatic rings. The summed E-state index contributed by atoms with van der Waals surface area (Å²) in [6.07, 6.45) is 1.76. The summed E-state index contributed by atoms with van der Waals surface area (Å²) in [7, 11) is 0. The van der Waals surface area contributed by atoms with Crippen LogP contribution in [-0.4, -0.2) is 18.1 Å². The third kappa shape index (κ3) is 3.02. The van der Waals surface area contributed by atoms with Crippen LogP contribution < -0.4 is 16.0 Å². The van der Waals surface area contributed by atoms with E-state index in [1.807, 2.05) is 13.0 Å². The number of nitrogen functional groups attached to an aromatic ring is 1. The van der Waals surface area contributed by atoms with Crippen molar-refractivity contribution in [1.82, 2.24) is 4.98 Å². The number of nitrogens with zero attached hydrogens (tertiary/aromatic N) is 2. The smallest absolute Gasteiger partial charge is 0.153 e. The standard InChI is InChI=1S/C16H22N4/c1-4-20(5-2)14-8-6-13(7-9-14)19-16-15(17)12(3)10-11-18-16/h6-11H,4-5,17H2,1-3H3,(H,18,19). The molecular weight excluding hydrogens is 248 g/mol. The van der Waals surface area contributed by atoms with E-state index in [9.17, 15) is 0 Å². The van der Waals surface area contributed by atoms with Crippen LogP contribution in [0.4, 0.5) is 22.9 Å². The quantitative estimate of drug-likeness (QED) is 0.872. The molecule has 2 aromatic rings. The van der Waals surface area contributed by atoms with Gasteiger partial charge in [0.2, 0.25) is 0 Å². The zero-order chi connectivity index (χ0) is 14.5. The predicted octanol–water partition coefficient (Wildman–Crippen LogP) is 3.56. The largest absolute Gasteiger partial charge is 0.396 e. The van der Waals surface area contributed by atoms with Gasteiger partial charge in [-0.15, -0.1) is 0 Å². The summed E-state index contributed by atoms with van der Waals surface area (Å²) in [6.45, 7) is 8.32. The van der Waals surface area contributed by atoms with Crippen molar-refractivity contribution in [2.45, 2.75) is 20.8 Å². The number of nitrogens with one attached hydrogen (secondary N) is 1. The number of rotatable bonds is 5. The molecule has 0 fully saturated rings. The van der Waals surface area contributed by atoms with Gasteiger partial charge in [0.15, 0.2) is 5.82 Å². The maximum absolute atomic E-state index is 6.02. The van der Waals surface area contributed by atoms with Crippen molar-refractivity contribution < 1.29 is 0 Å². The van der Waals surface area contributed by atoms with Crippen molar-refractivity contribution in [3.8, 4) is 0 Å². The van der Waals surface area contributed by atoms with Crippen LogP contribution in [0.25, 0.3) is 0 Å². The van der Waals surface area contributed by atoms with Gasteiger partial charge >= 0.3 is 0 Å². The van der Waals surface area contributed by atoms with Crippen LogP contribution in [0.1, 0.15) is 19.4 Å². The molecular formula is C16H22N4. The highest BCUT2D eigenvalue weighted by atomic mass is 15.1. The van der Waals surface area contributed by atoms with Crippen LogP contribution in [0, 0.1) is 6.92 Å². The molecule has 2 rings (SSSR count). The van der Waals surface area contributed by atoms with Crippen molar-refractivity contribution in [2.75, 3.05) is 29.0 Å². The average molecular weight is 270 g/mol. The molecule has 106 valence electrons. The minimum atomic E-state index is 0.695. The summed E-state index contributed by atoms with van der Waals surface area (Å²) in [6, 6.07) is 10.2. The van der Waals surface area contributed by atoms with Crippen LogP contribution in [0.5, 0.6) is 0 Å². The first-order valence-electron chi connectivity index (χ1n) is 6.98. The molecule has 0 atom stereocenters. The molecule has 1 heterocycles. The Hall–Kier alpha value is -2.23. The van der Waals surface area contributed by atoms with E-state index in [0.717, 1.165) is 24.3 Å². The second-order valence-corrected chi connectivity index (χ2v) is 4.73. The highest BCUT2D eigenvalue weighted by Gasteiger charge is 2.05. The van der Waals surface area contributed by atoms with Crippen molar-refractivity contribution in [1.29, 1.82) is 0 Å². The molecule has 0 saturated heterocycles. The summed E-state index contributed by atoms with van der Waals surface area (Å²) in [5.74, 6) is 0.709. The van der Waals surface area contributed by atoms with Crippen molar-refractivity contribution in [3.05, 3.63) is 42.1 Å². The Kier molecular flexibility index (Phi) is 4.45. The van der Waals surface area contributed by atoms with E-state index < -0.39 is 0 Å². The van der Waals surface area contributed by atoms with E-state index in [4.69, 9.17) is 5.73 Å². The SMILES string of the molecule is CCN(CC)c1ccc(Nc2nccc(C)c2N)cc1. The number of hydrogen-bond donors (Lipinski definition) is 2. The zero-order valence-electron chi connectivity index (χ0n) is 12.4. The van der Waals surface area contributed by atoms with Gasteiger partial charge in [0.05, 0.1) is 5.69 Å². The number of anilines is 4. The molecule has 0 aliphatic carbocycles. The first kappa shape index (κ1) is 14.2. The van der Waals surface area contributed by atoms with Crippen LogP contribution in [0.15, 0.2) is 36.5 Å². The number of aryl methyl sites for hydroxylation is 1. The normalized spacial score (nSPS) is 10.3. The zero-order valence-corrected chi connectivity index (χ0v) is 12.4. The van der Waals surface area contributed by atoms with Crippen LogP contribution >= 0.6 is 0 Å². The van der Waals surface area contributed by atoms with E-state index in [0.29, 0.717) is 11.5 Å². The highest BCUT2D eigenvalue weighted by molar-refractivity contribution is 5.71. The molecule has 3 N–H and O–H groups in total. The van der Waals surface area contributed by atoms with Gasteiger partial charge in [-0.3, -0.25) is 0 Å². The Morgan fingerprint density at radius 3 is 2.35 bits per heavy atom. The molecule has 1 aromatic carbocycles. The van der Waals surface area contributed by atoms with Crippen molar-refractivity contribution in [2.24, 2.45) is 0 Å². The molecule has 0 radical (unpaired) electrons. The van der Waals surface area contributed by atoms with Crippen LogP contribution in [-0.2, 0) is 0 Å². The third-order valence-electron chi connectivity index (χ3n) is 3.47. The van der Waals surface area contributed by atoms with Gasteiger partial charge in [-0.1, -0.05) is 0 Å². The summed E-state index contributed by atoms with van der Waals surface area (Å²) < 4.78 is 0. The molecule has 1 aromatic heterocycles. The number of nitrogens with two attached hydrogens (primary N) is 1. The lowest BCUT2D eigenvalue weighted by molar-refractivity contribution is 0.866. The van der Waals surface area contributed by atoms with Gasteiger partial charge in [0.25, 0.3) is 0 Å². The molecule has 0 saturated carbocycles. The number of pyridine rings is 1. The Balaban J connectivity index is 2.17. The van der Waals surface area contributed by atoms with E-state index in [2.05, 4.69) is 53.3 Å². The van der Waals surface area contributed by atoms with E-state index in [1.54, 1.807) is 6.20 Å². The second-order valence-electron chi connectivity index (χ2n) is 4.73. The fourth-order valence-corrected chi connectivity index (χ4v) is 2.15. The minimum absolute atomic E-state index is 0.695.